The van der Waals surface area contributed by atoms with Gasteiger partial charge in [-0.05, 0) is 24.2 Å². The van der Waals surface area contributed by atoms with Crippen molar-refractivity contribution < 1.29 is 42.1 Å². The zero-order chi connectivity index (χ0) is 30.4. The van der Waals surface area contributed by atoms with E-state index in [9.17, 15) is 9.59 Å². The fourth-order valence-corrected chi connectivity index (χ4v) is 5.77. The number of ether oxygens (including phenoxy) is 5. The van der Waals surface area contributed by atoms with E-state index in [4.69, 9.17) is 29.4 Å². The van der Waals surface area contributed by atoms with E-state index in [0.717, 1.165) is 23.4 Å². The van der Waals surface area contributed by atoms with Crippen LogP contribution >= 0.6 is 11.3 Å². The Morgan fingerprint density at radius 3 is 2.31 bits per heavy atom. The lowest BCUT2D eigenvalue weighted by Gasteiger charge is -2.15. The van der Waals surface area contributed by atoms with Crippen molar-refractivity contribution >= 4 is 33.2 Å². The van der Waals surface area contributed by atoms with E-state index in [1.54, 1.807) is 13.0 Å². The predicted octanol–water partition coefficient (Wildman–Crippen LogP) is 5.09. The quantitative estimate of drug-likeness (QED) is 0.144. The second-order valence-corrected chi connectivity index (χ2v) is 11.0. The minimum absolute atomic E-state index is 0.0526. The molecule has 1 aromatic heterocycles. The van der Waals surface area contributed by atoms with Gasteiger partial charge in [-0.1, -0.05) is 13.8 Å². The Labute approximate surface area is 247 Å². The Morgan fingerprint density at radius 1 is 1.00 bits per heavy atom. The number of ketones is 1. The third kappa shape index (κ3) is 6.77. The van der Waals surface area contributed by atoms with Gasteiger partial charge in [0.05, 0.1) is 38.2 Å². The minimum atomic E-state index is -0.664. The SMILES string of the molecule is CCN1Cc2cc(OC)c(OCCCOc3c(OC)cc4sc(C(=O)C[C@H](C)C(=O)OCCN)cc4c3F)c(F)c2C1. The molecule has 0 fully saturated rings. The van der Waals surface area contributed by atoms with Crippen LogP contribution in [0.5, 0.6) is 23.0 Å². The first-order valence-electron chi connectivity index (χ1n) is 13.8. The van der Waals surface area contributed by atoms with Crippen LogP contribution < -0.4 is 24.7 Å². The molecule has 0 saturated carbocycles. The van der Waals surface area contributed by atoms with Gasteiger partial charge in [-0.25, -0.2) is 8.78 Å². The van der Waals surface area contributed by atoms with Crippen molar-refractivity contribution in [2.45, 2.75) is 39.8 Å². The van der Waals surface area contributed by atoms with E-state index in [2.05, 4.69) is 4.90 Å². The topological polar surface area (TPSA) is 110 Å². The summed E-state index contributed by atoms with van der Waals surface area (Å²) in [5.74, 6) is -2.11. The maximum Gasteiger partial charge on any atom is 0.309 e. The number of fused-ring (bicyclic) bond motifs is 2. The summed E-state index contributed by atoms with van der Waals surface area (Å²) in [6.07, 6.45) is 0.248. The summed E-state index contributed by atoms with van der Waals surface area (Å²) >= 11 is 1.11. The van der Waals surface area contributed by atoms with Crippen LogP contribution in [0.4, 0.5) is 8.78 Å². The molecule has 0 aliphatic carbocycles. The third-order valence-electron chi connectivity index (χ3n) is 7.04. The summed E-state index contributed by atoms with van der Waals surface area (Å²) in [4.78, 5) is 27.3. The van der Waals surface area contributed by atoms with Crippen LogP contribution in [-0.2, 0) is 22.6 Å². The van der Waals surface area contributed by atoms with Gasteiger partial charge in [-0.15, -0.1) is 11.3 Å². The van der Waals surface area contributed by atoms with Gasteiger partial charge in [-0.2, -0.15) is 0 Å². The molecule has 2 aromatic carbocycles. The van der Waals surface area contributed by atoms with Crippen molar-refractivity contribution in [1.29, 1.82) is 0 Å². The summed E-state index contributed by atoms with van der Waals surface area (Å²) in [7, 11) is 2.86. The number of hydrogen-bond donors (Lipinski definition) is 1. The average molecular weight is 607 g/mol. The monoisotopic (exact) mass is 606 g/mol. The molecule has 0 amide bonds. The molecule has 228 valence electrons. The predicted molar refractivity (Wildman–Crippen MR) is 155 cm³/mol. The molecule has 0 bridgehead atoms. The van der Waals surface area contributed by atoms with E-state index in [1.807, 2.05) is 13.0 Å². The second kappa shape index (κ2) is 14.1. The second-order valence-electron chi connectivity index (χ2n) is 9.94. The lowest BCUT2D eigenvalue weighted by molar-refractivity contribution is -0.147. The molecule has 1 aliphatic heterocycles. The highest BCUT2D eigenvalue weighted by atomic mass is 32.1. The van der Waals surface area contributed by atoms with Crippen molar-refractivity contribution in [1.82, 2.24) is 4.90 Å². The Kier molecular flexibility index (Phi) is 10.6. The number of nitrogens with two attached hydrogens (primary N) is 1. The van der Waals surface area contributed by atoms with Crippen LogP contribution in [0.1, 0.15) is 47.5 Å². The van der Waals surface area contributed by atoms with Gasteiger partial charge in [0.2, 0.25) is 0 Å². The molecular weight excluding hydrogens is 570 g/mol. The molecule has 0 saturated heterocycles. The van der Waals surface area contributed by atoms with Crippen molar-refractivity contribution in [2.75, 3.05) is 47.1 Å². The zero-order valence-corrected chi connectivity index (χ0v) is 25.0. The molecule has 9 nitrogen and oxygen atoms in total. The van der Waals surface area contributed by atoms with Gasteiger partial charge in [0, 0.05) is 54.2 Å². The normalized spacial score (nSPS) is 13.6. The van der Waals surface area contributed by atoms with Gasteiger partial charge in [-0.3, -0.25) is 14.5 Å². The van der Waals surface area contributed by atoms with Crippen LogP contribution in [0.15, 0.2) is 18.2 Å². The number of halogens is 2. The molecule has 0 unspecified atom stereocenters. The minimum Gasteiger partial charge on any atom is -0.493 e. The summed E-state index contributed by atoms with van der Waals surface area (Å²) < 4.78 is 58.5. The van der Waals surface area contributed by atoms with E-state index in [0.29, 0.717) is 40.4 Å². The highest BCUT2D eigenvalue weighted by molar-refractivity contribution is 7.20. The maximum atomic E-state index is 15.5. The lowest BCUT2D eigenvalue weighted by Crippen LogP contribution is -2.21. The molecule has 2 N–H and O–H groups in total. The highest BCUT2D eigenvalue weighted by Gasteiger charge is 2.27. The number of nitrogens with zero attached hydrogens (tertiary/aromatic N) is 1. The number of esters is 1. The van der Waals surface area contributed by atoms with Crippen molar-refractivity contribution in [3.63, 3.8) is 0 Å². The third-order valence-corrected chi connectivity index (χ3v) is 8.16. The summed E-state index contributed by atoms with van der Waals surface area (Å²) in [6.45, 7) is 6.05. The Morgan fingerprint density at radius 2 is 1.67 bits per heavy atom. The lowest BCUT2D eigenvalue weighted by atomic mass is 10.0. The zero-order valence-electron chi connectivity index (χ0n) is 24.2. The molecule has 1 atom stereocenters. The number of hydrogen-bond acceptors (Lipinski definition) is 10. The van der Waals surface area contributed by atoms with Crippen molar-refractivity contribution in [2.24, 2.45) is 11.7 Å². The van der Waals surface area contributed by atoms with Crippen LogP contribution in [0.25, 0.3) is 10.1 Å². The van der Waals surface area contributed by atoms with Gasteiger partial charge in [0.15, 0.2) is 40.4 Å². The summed E-state index contributed by atoms with van der Waals surface area (Å²) in [6, 6.07) is 4.87. The molecule has 4 rings (SSSR count). The number of carbonyl (C=O) groups excluding carboxylic acids is 2. The van der Waals surface area contributed by atoms with Crippen molar-refractivity contribution in [3.8, 4) is 23.0 Å². The molecule has 2 heterocycles. The number of rotatable bonds is 15. The smallest absolute Gasteiger partial charge is 0.309 e. The van der Waals surface area contributed by atoms with Crippen LogP contribution in [-0.4, -0.2) is 63.8 Å². The summed E-state index contributed by atoms with van der Waals surface area (Å²) in [5, 5.41) is 0.208. The first kappa shape index (κ1) is 31.5. The van der Waals surface area contributed by atoms with Gasteiger partial charge in [0.25, 0.3) is 0 Å². The summed E-state index contributed by atoms with van der Waals surface area (Å²) in [5.41, 5.74) is 6.84. The molecule has 0 spiro atoms. The highest BCUT2D eigenvalue weighted by Crippen LogP contribution is 2.41. The van der Waals surface area contributed by atoms with E-state index < -0.39 is 23.5 Å². The number of thiophene rings is 1. The molecule has 3 aromatic rings. The molecule has 1 aliphatic rings. The molecule has 0 radical (unpaired) electrons. The number of carbonyl (C=O) groups is 2. The van der Waals surface area contributed by atoms with Crippen LogP contribution in [0, 0.1) is 17.6 Å². The Bertz CT molecular complexity index is 1450. The standard InChI is InChI=1S/C30H36F2N2O7S/c1-5-34-15-18-12-22(37-3)28(27(32)20(18)16-34)39-8-6-9-40-29-23(38-4)14-24-19(26(29)31)13-25(42-24)21(35)11-17(2)30(36)41-10-7-33/h12-14,17H,5-11,15-16,33H2,1-4H3/t17-/m0/s1. The van der Waals surface area contributed by atoms with Gasteiger partial charge in [0.1, 0.15) is 6.61 Å². The first-order valence-corrected chi connectivity index (χ1v) is 14.6. The Hall–Kier alpha value is -3.48. The number of methoxy groups -OCH3 is 2. The maximum absolute atomic E-state index is 15.5. The Balaban J connectivity index is 1.40. The fraction of sp³-hybridized carbons (Fsp3) is 0.467. The van der Waals surface area contributed by atoms with Gasteiger partial charge >= 0.3 is 5.97 Å². The number of Topliss-reactive ketones (excluding diaryl/α,β-unsaturated/α-hetero) is 1. The average Bonchev–Trinajstić information content (AvgIpc) is 3.62. The van der Waals surface area contributed by atoms with Crippen LogP contribution in [0.3, 0.4) is 0 Å². The fourth-order valence-electron chi connectivity index (χ4n) is 4.73. The van der Waals surface area contributed by atoms with Crippen LogP contribution in [0.2, 0.25) is 0 Å². The number of benzene rings is 2. The molecule has 12 heteroatoms. The van der Waals surface area contributed by atoms with E-state index in [1.165, 1.54) is 20.3 Å². The largest absolute Gasteiger partial charge is 0.493 e. The van der Waals surface area contributed by atoms with Gasteiger partial charge < -0.3 is 29.4 Å². The van der Waals surface area contributed by atoms with Crippen molar-refractivity contribution in [3.05, 3.63) is 45.8 Å². The molecule has 42 heavy (non-hydrogen) atoms. The van der Waals surface area contributed by atoms with E-state index in [-0.39, 0.29) is 61.2 Å². The van der Waals surface area contributed by atoms with E-state index >= 15 is 8.78 Å². The molecular formula is C30H36F2N2O7S. The first-order chi connectivity index (χ1) is 20.2.